The largest absolute Gasteiger partial charge is 0.370 e. The van der Waals surface area contributed by atoms with E-state index < -0.39 is 17.9 Å². The summed E-state index contributed by atoms with van der Waals surface area (Å²) in [5.41, 5.74) is 19.4. The lowest BCUT2D eigenvalue weighted by atomic mass is 9.90. The van der Waals surface area contributed by atoms with Gasteiger partial charge in [0.1, 0.15) is 6.04 Å². The van der Waals surface area contributed by atoms with Crippen LogP contribution in [0.5, 0.6) is 0 Å². The average molecular weight is 515 g/mol. The molecule has 0 heterocycles. The van der Waals surface area contributed by atoms with E-state index in [0.717, 1.165) is 22.3 Å². The lowest BCUT2D eigenvalue weighted by Crippen LogP contribution is -2.48. The van der Waals surface area contributed by atoms with Gasteiger partial charge in [-0.1, -0.05) is 84.9 Å². The molecule has 0 fully saturated rings. The van der Waals surface area contributed by atoms with Crippen molar-refractivity contribution in [3.63, 3.8) is 0 Å². The van der Waals surface area contributed by atoms with E-state index in [2.05, 4.69) is 15.6 Å². The minimum atomic E-state index is -0.791. The molecular formula is C29H34N6O3. The van der Waals surface area contributed by atoms with E-state index in [-0.39, 0.29) is 30.7 Å². The predicted molar refractivity (Wildman–Crippen MR) is 148 cm³/mol. The number of carbonyl (C=O) groups excluding carboxylic acids is 3. The van der Waals surface area contributed by atoms with Gasteiger partial charge in [-0.15, -0.1) is 0 Å². The molecule has 9 nitrogen and oxygen atoms in total. The van der Waals surface area contributed by atoms with Crippen LogP contribution < -0.4 is 27.8 Å². The minimum absolute atomic E-state index is 0.0250. The second-order valence-electron chi connectivity index (χ2n) is 8.94. The number of carbonyl (C=O) groups is 3. The second kappa shape index (κ2) is 14.2. The molecule has 0 radical (unpaired) electrons. The van der Waals surface area contributed by atoms with E-state index in [1.165, 1.54) is 0 Å². The first-order valence-corrected chi connectivity index (χ1v) is 12.4. The Bertz CT molecular complexity index is 1190. The second-order valence-corrected chi connectivity index (χ2v) is 8.94. The Hall–Kier alpha value is -4.66. The predicted octanol–water partition coefficient (Wildman–Crippen LogP) is 1.70. The Labute approximate surface area is 222 Å². The molecule has 0 aliphatic rings. The summed E-state index contributed by atoms with van der Waals surface area (Å²) in [7, 11) is 0. The number of aliphatic imine (C=N–C) groups is 1. The summed E-state index contributed by atoms with van der Waals surface area (Å²) in [6.07, 6.45) is 1.00. The minimum Gasteiger partial charge on any atom is -0.370 e. The summed E-state index contributed by atoms with van der Waals surface area (Å²) in [6.45, 7) is 0.598. The molecule has 0 aliphatic carbocycles. The fraction of sp³-hybridized carbons (Fsp3) is 0.241. The van der Waals surface area contributed by atoms with Crippen LogP contribution in [0.4, 0.5) is 0 Å². The molecule has 3 aromatic rings. The van der Waals surface area contributed by atoms with Gasteiger partial charge in [-0.05, 0) is 35.1 Å². The van der Waals surface area contributed by atoms with Gasteiger partial charge in [0.15, 0.2) is 5.96 Å². The average Bonchev–Trinajstić information content (AvgIpc) is 2.91. The fourth-order valence-electron chi connectivity index (χ4n) is 4.10. The molecule has 0 spiro atoms. The highest BCUT2D eigenvalue weighted by atomic mass is 16.2. The standard InChI is InChI=1S/C29H34N6O3/c30-25(36)18-20-13-15-21(16-14-20)19-34-27(37)24(12-7-17-33-29(31)32)35-28(38)26(22-8-3-1-4-9-22)23-10-5-2-6-11-23/h1-6,8-11,13-16,24,26H,7,12,17-19H2,(H2,30,36)(H,34,37)(H,35,38)(H4,31,32,33). The molecule has 0 aliphatic heterocycles. The summed E-state index contributed by atoms with van der Waals surface area (Å²) >= 11 is 0. The first-order valence-electron chi connectivity index (χ1n) is 12.4. The van der Waals surface area contributed by atoms with Gasteiger partial charge in [0, 0.05) is 13.1 Å². The van der Waals surface area contributed by atoms with E-state index >= 15 is 0 Å². The van der Waals surface area contributed by atoms with Crippen molar-refractivity contribution in [2.75, 3.05) is 6.54 Å². The number of rotatable bonds is 13. The Kier molecular flexibility index (Phi) is 10.4. The first-order chi connectivity index (χ1) is 18.3. The summed E-state index contributed by atoms with van der Waals surface area (Å²) in [5.74, 6) is -1.61. The van der Waals surface area contributed by atoms with Gasteiger partial charge >= 0.3 is 0 Å². The summed E-state index contributed by atoms with van der Waals surface area (Å²) < 4.78 is 0. The number of benzene rings is 3. The Balaban J connectivity index is 1.74. The monoisotopic (exact) mass is 514 g/mol. The maximum Gasteiger partial charge on any atom is 0.242 e. The van der Waals surface area contributed by atoms with Gasteiger partial charge in [-0.3, -0.25) is 19.4 Å². The van der Waals surface area contributed by atoms with Gasteiger partial charge < -0.3 is 27.8 Å². The molecule has 3 aromatic carbocycles. The molecule has 198 valence electrons. The van der Waals surface area contributed by atoms with Gasteiger partial charge in [0.05, 0.1) is 12.3 Å². The lowest BCUT2D eigenvalue weighted by Gasteiger charge is -2.23. The maximum atomic E-state index is 13.6. The van der Waals surface area contributed by atoms with Crippen LogP contribution in [0.25, 0.3) is 0 Å². The molecule has 8 N–H and O–H groups in total. The molecule has 3 amide bonds. The van der Waals surface area contributed by atoms with Crippen LogP contribution in [0.3, 0.4) is 0 Å². The first kappa shape index (κ1) is 27.9. The van der Waals surface area contributed by atoms with Gasteiger partial charge in [0.25, 0.3) is 0 Å². The van der Waals surface area contributed by atoms with Gasteiger partial charge in [-0.2, -0.15) is 0 Å². The van der Waals surface area contributed by atoms with Crippen molar-refractivity contribution in [3.05, 3.63) is 107 Å². The van der Waals surface area contributed by atoms with Gasteiger partial charge in [-0.25, -0.2) is 0 Å². The molecule has 0 aromatic heterocycles. The van der Waals surface area contributed by atoms with Crippen molar-refractivity contribution in [2.45, 2.75) is 37.8 Å². The van der Waals surface area contributed by atoms with Crippen LogP contribution in [-0.2, 0) is 27.3 Å². The molecule has 1 atom stereocenters. The highest BCUT2D eigenvalue weighted by Gasteiger charge is 2.27. The van der Waals surface area contributed by atoms with Crippen LogP contribution in [0, 0.1) is 0 Å². The number of guanidine groups is 1. The summed E-state index contributed by atoms with van der Waals surface area (Å²) in [4.78, 5) is 41.9. The van der Waals surface area contributed by atoms with Crippen LogP contribution in [-0.4, -0.2) is 36.3 Å². The molecule has 0 bridgehead atoms. The third-order valence-corrected chi connectivity index (χ3v) is 5.97. The smallest absolute Gasteiger partial charge is 0.242 e. The number of nitrogens with zero attached hydrogens (tertiary/aromatic N) is 1. The molecule has 38 heavy (non-hydrogen) atoms. The SMILES string of the molecule is NC(=O)Cc1ccc(CNC(=O)C(CCCN=C(N)N)NC(=O)C(c2ccccc2)c2ccccc2)cc1. The molecule has 0 saturated heterocycles. The van der Waals surface area contributed by atoms with E-state index in [0.29, 0.717) is 19.4 Å². The quantitative estimate of drug-likeness (QED) is 0.133. The zero-order valence-corrected chi connectivity index (χ0v) is 21.2. The fourth-order valence-corrected chi connectivity index (χ4v) is 4.10. The number of amides is 3. The normalized spacial score (nSPS) is 11.4. The third kappa shape index (κ3) is 8.77. The number of primary amides is 1. The van der Waals surface area contributed by atoms with Gasteiger partial charge in [0.2, 0.25) is 17.7 Å². The van der Waals surface area contributed by atoms with Crippen LogP contribution in [0.2, 0.25) is 0 Å². The van der Waals surface area contributed by atoms with Crippen molar-refractivity contribution < 1.29 is 14.4 Å². The highest BCUT2D eigenvalue weighted by Crippen LogP contribution is 2.25. The molecule has 0 saturated carbocycles. The molecule has 1 unspecified atom stereocenters. The maximum absolute atomic E-state index is 13.6. The molecule has 3 rings (SSSR count). The topological polar surface area (TPSA) is 166 Å². The highest BCUT2D eigenvalue weighted by molar-refractivity contribution is 5.92. The Morgan fingerprint density at radius 3 is 1.82 bits per heavy atom. The van der Waals surface area contributed by atoms with E-state index in [9.17, 15) is 14.4 Å². The van der Waals surface area contributed by atoms with Crippen molar-refractivity contribution >= 4 is 23.7 Å². The van der Waals surface area contributed by atoms with Crippen LogP contribution in [0.15, 0.2) is 89.9 Å². The zero-order valence-electron chi connectivity index (χ0n) is 21.2. The van der Waals surface area contributed by atoms with Crippen LogP contribution >= 0.6 is 0 Å². The summed E-state index contributed by atoms with van der Waals surface area (Å²) in [6, 6.07) is 25.3. The van der Waals surface area contributed by atoms with E-state index in [1.54, 1.807) is 12.1 Å². The van der Waals surface area contributed by atoms with Crippen molar-refractivity contribution in [1.82, 2.24) is 10.6 Å². The Morgan fingerprint density at radius 1 is 0.737 bits per heavy atom. The lowest BCUT2D eigenvalue weighted by molar-refractivity contribution is -0.129. The number of nitrogens with one attached hydrogen (secondary N) is 2. The third-order valence-electron chi connectivity index (χ3n) is 5.97. The number of nitrogens with two attached hydrogens (primary N) is 3. The zero-order chi connectivity index (χ0) is 27.3. The van der Waals surface area contributed by atoms with E-state index in [4.69, 9.17) is 17.2 Å². The van der Waals surface area contributed by atoms with Crippen molar-refractivity contribution in [2.24, 2.45) is 22.2 Å². The van der Waals surface area contributed by atoms with Crippen molar-refractivity contribution in [1.29, 1.82) is 0 Å². The van der Waals surface area contributed by atoms with Crippen LogP contribution in [0.1, 0.15) is 41.0 Å². The number of hydrogen-bond acceptors (Lipinski definition) is 4. The Morgan fingerprint density at radius 2 is 1.29 bits per heavy atom. The molecular weight excluding hydrogens is 480 g/mol. The van der Waals surface area contributed by atoms with E-state index in [1.807, 2.05) is 72.8 Å². The molecule has 9 heteroatoms. The summed E-state index contributed by atoms with van der Waals surface area (Å²) in [5, 5.41) is 5.86. The van der Waals surface area contributed by atoms with Crippen molar-refractivity contribution in [3.8, 4) is 0 Å². The number of hydrogen-bond donors (Lipinski definition) is 5.